The zero-order valence-electron chi connectivity index (χ0n) is 8.91. The molecule has 0 atom stereocenters. The quantitative estimate of drug-likeness (QED) is 0.808. The highest BCUT2D eigenvalue weighted by atomic mass is 32.2. The number of aromatic nitrogens is 2. The lowest BCUT2D eigenvalue weighted by atomic mass is 10.4. The van der Waals surface area contributed by atoms with Crippen molar-refractivity contribution in [3.63, 3.8) is 0 Å². The maximum atomic E-state index is 12.3. The summed E-state index contributed by atoms with van der Waals surface area (Å²) in [4.78, 5) is 0. The zero-order valence-corrected chi connectivity index (χ0v) is 9.72. The van der Waals surface area contributed by atoms with Crippen LogP contribution in [0.15, 0.2) is 11.1 Å². The highest BCUT2D eigenvalue weighted by Gasteiger charge is 2.36. The van der Waals surface area contributed by atoms with Crippen molar-refractivity contribution in [2.75, 3.05) is 0 Å². The minimum absolute atomic E-state index is 0.421. The number of alkyl halides is 3. The van der Waals surface area contributed by atoms with Crippen LogP contribution in [0.4, 0.5) is 13.2 Å². The zero-order chi connectivity index (χ0) is 12.7. The summed E-state index contributed by atoms with van der Waals surface area (Å²) in [6.07, 6.45) is -4.64. The molecule has 0 N–H and O–H groups in total. The molecule has 1 aromatic heterocycles. The lowest BCUT2D eigenvalue weighted by molar-refractivity contribution is -0.141. The Balaban J connectivity index is 3.34. The molecule has 1 aromatic rings. The maximum Gasteiger partial charge on any atom is 0.435 e. The summed E-state index contributed by atoms with van der Waals surface area (Å²) >= 11 is 0. The average molecular weight is 256 g/mol. The number of aryl methyl sites for hydroxylation is 1. The maximum absolute atomic E-state index is 12.3. The molecule has 0 saturated carbocycles. The molecule has 0 spiro atoms. The van der Waals surface area contributed by atoms with Crippen molar-refractivity contribution < 1.29 is 21.6 Å². The first-order valence-corrected chi connectivity index (χ1v) is 5.96. The van der Waals surface area contributed by atoms with Crippen molar-refractivity contribution >= 4 is 9.84 Å². The number of sulfone groups is 1. The minimum Gasteiger partial charge on any atom is -0.257 e. The van der Waals surface area contributed by atoms with E-state index in [1.807, 2.05) is 0 Å². The van der Waals surface area contributed by atoms with Crippen molar-refractivity contribution in [2.45, 2.75) is 30.3 Å². The molecule has 0 aliphatic carbocycles. The SMILES string of the molecule is CC(C)S(=O)(=O)c1cc(C(F)(F)F)nn1C. The van der Waals surface area contributed by atoms with E-state index in [4.69, 9.17) is 0 Å². The fraction of sp³-hybridized carbons (Fsp3) is 0.625. The van der Waals surface area contributed by atoms with E-state index in [0.29, 0.717) is 6.07 Å². The highest BCUT2D eigenvalue weighted by molar-refractivity contribution is 7.91. The van der Waals surface area contributed by atoms with Gasteiger partial charge in [0.2, 0.25) is 0 Å². The largest absolute Gasteiger partial charge is 0.435 e. The van der Waals surface area contributed by atoms with E-state index in [2.05, 4.69) is 5.10 Å². The van der Waals surface area contributed by atoms with Gasteiger partial charge in [0.25, 0.3) is 0 Å². The standard InChI is InChI=1S/C8H11F3N2O2S/c1-5(2)16(14,15)7-4-6(8(9,10)11)12-13(7)3/h4-5H,1-3H3. The Hall–Kier alpha value is -1.05. The van der Waals surface area contributed by atoms with Gasteiger partial charge in [-0.15, -0.1) is 0 Å². The fourth-order valence-corrected chi connectivity index (χ4v) is 2.26. The van der Waals surface area contributed by atoms with Crippen LogP contribution in [0, 0.1) is 0 Å². The topological polar surface area (TPSA) is 52.0 Å². The molecule has 0 fully saturated rings. The van der Waals surface area contributed by atoms with E-state index in [1.54, 1.807) is 0 Å². The molecule has 0 unspecified atom stereocenters. The van der Waals surface area contributed by atoms with Crippen LogP contribution in [0.3, 0.4) is 0 Å². The third-order valence-corrected chi connectivity index (χ3v) is 4.25. The Morgan fingerprint density at radius 2 is 1.88 bits per heavy atom. The Kier molecular flexibility index (Phi) is 3.06. The van der Waals surface area contributed by atoms with Gasteiger partial charge in [-0.1, -0.05) is 0 Å². The summed E-state index contributed by atoms with van der Waals surface area (Å²) in [7, 11) is -2.58. The Labute approximate surface area is 91.0 Å². The third-order valence-electron chi connectivity index (χ3n) is 2.04. The van der Waals surface area contributed by atoms with Crippen LogP contribution < -0.4 is 0 Å². The predicted octanol–water partition coefficient (Wildman–Crippen LogP) is 1.62. The van der Waals surface area contributed by atoms with Gasteiger partial charge in [-0.2, -0.15) is 18.3 Å². The van der Waals surface area contributed by atoms with Gasteiger partial charge in [0.15, 0.2) is 20.6 Å². The van der Waals surface area contributed by atoms with Crippen LogP contribution in [0.2, 0.25) is 0 Å². The van der Waals surface area contributed by atoms with Gasteiger partial charge in [0.1, 0.15) is 0 Å². The van der Waals surface area contributed by atoms with Crippen molar-refractivity contribution in [2.24, 2.45) is 7.05 Å². The van der Waals surface area contributed by atoms with Crippen LogP contribution in [-0.2, 0) is 23.1 Å². The van der Waals surface area contributed by atoms with Gasteiger partial charge in [-0.05, 0) is 13.8 Å². The van der Waals surface area contributed by atoms with E-state index >= 15 is 0 Å². The number of hydrogen-bond acceptors (Lipinski definition) is 3. The molecule has 8 heteroatoms. The Bertz CT molecular complexity index is 488. The number of rotatable bonds is 2. The molecule has 0 aromatic carbocycles. The molecule has 0 saturated heterocycles. The number of nitrogens with zero attached hydrogens (tertiary/aromatic N) is 2. The third kappa shape index (κ3) is 2.21. The smallest absolute Gasteiger partial charge is 0.257 e. The average Bonchev–Trinajstić information content (AvgIpc) is 2.46. The second-order valence-corrected chi connectivity index (χ2v) is 6.03. The van der Waals surface area contributed by atoms with Gasteiger partial charge < -0.3 is 0 Å². The van der Waals surface area contributed by atoms with E-state index in [1.165, 1.54) is 20.9 Å². The van der Waals surface area contributed by atoms with Gasteiger partial charge in [0.05, 0.1) is 5.25 Å². The molecule has 4 nitrogen and oxygen atoms in total. The molecule has 16 heavy (non-hydrogen) atoms. The molecule has 0 amide bonds. The fourth-order valence-electron chi connectivity index (χ4n) is 1.10. The van der Waals surface area contributed by atoms with Crippen LogP contribution in [-0.4, -0.2) is 23.4 Å². The summed E-state index contributed by atoms with van der Waals surface area (Å²) in [5.41, 5.74) is -1.20. The minimum atomic E-state index is -4.64. The van der Waals surface area contributed by atoms with Crippen LogP contribution in [0.25, 0.3) is 0 Å². The summed E-state index contributed by atoms with van der Waals surface area (Å²) in [6.45, 7) is 2.80. The Morgan fingerprint density at radius 3 is 2.19 bits per heavy atom. The summed E-state index contributed by atoms with van der Waals surface area (Å²) < 4.78 is 61.0. The first-order valence-electron chi connectivity index (χ1n) is 4.42. The van der Waals surface area contributed by atoms with Crippen LogP contribution in [0.1, 0.15) is 19.5 Å². The first-order chi connectivity index (χ1) is 7.06. The van der Waals surface area contributed by atoms with E-state index in [-0.39, 0.29) is 0 Å². The summed E-state index contributed by atoms with van der Waals surface area (Å²) in [5, 5.41) is 1.93. The molecule has 0 aliphatic heterocycles. The van der Waals surface area contributed by atoms with E-state index in [0.717, 1.165) is 4.68 Å². The highest BCUT2D eigenvalue weighted by Crippen LogP contribution is 2.30. The van der Waals surface area contributed by atoms with Crippen LogP contribution >= 0.6 is 0 Å². The predicted molar refractivity (Wildman–Crippen MR) is 50.5 cm³/mol. The molecule has 0 bridgehead atoms. The first kappa shape index (κ1) is 13.0. The normalized spacial score (nSPS) is 13.4. The Morgan fingerprint density at radius 1 is 1.38 bits per heavy atom. The second kappa shape index (κ2) is 3.76. The number of halogens is 3. The van der Waals surface area contributed by atoms with Crippen molar-refractivity contribution in [3.8, 4) is 0 Å². The monoisotopic (exact) mass is 256 g/mol. The van der Waals surface area contributed by atoms with Gasteiger partial charge in [-0.3, -0.25) is 4.68 Å². The van der Waals surface area contributed by atoms with Crippen molar-refractivity contribution in [1.29, 1.82) is 0 Å². The van der Waals surface area contributed by atoms with Gasteiger partial charge in [-0.25, -0.2) is 8.42 Å². The molecule has 0 aliphatic rings. The van der Waals surface area contributed by atoms with E-state index < -0.39 is 32.0 Å². The van der Waals surface area contributed by atoms with Crippen LogP contribution in [0.5, 0.6) is 0 Å². The molecule has 1 heterocycles. The summed E-state index contributed by atoms with van der Waals surface area (Å²) in [5.74, 6) is 0. The molecular weight excluding hydrogens is 245 g/mol. The molecule has 1 rings (SSSR count). The number of hydrogen-bond donors (Lipinski definition) is 0. The second-order valence-electron chi connectivity index (χ2n) is 3.58. The van der Waals surface area contributed by atoms with E-state index in [9.17, 15) is 21.6 Å². The molecular formula is C8H11F3N2O2S. The van der Waals surface area contributed by atoms with Gasteiger partial charge >= 0.3 is 6.18 Å². The van der Waals surface area contributed by atoms with Crippen molar-refractivity contribution in [1.82, 2.24) is 9.78 Å². The summed E-state index contributed by atoms with van der Waals surface area (Å²) in [6, 6.07) is 0.551. The van der Waals surface area contributed by atoms with Crippen molar-refractivity contribution in [3.05, 3.63) is 11.8 Å². The molecule has 0 radical (unpaired) electrons. The lowest BCUT2D eigenvalue weighted by Crippen LogP contribution is -2.17. The lowest BCUT2D eigenvalue weighted by Gasteiger charge is -2.06. The van der Waals surface area contributed by atoms with Gasteiger partial charge in [0, 0.05) is 13.1 Å². The molecule has 92 valence electrons.